The zero-order valence-electron chi connectivity index (χ0n) is 13.0. The Morgan fingerprint density at radius 2 is 2.24 bits per heavy atom. The zero-order chi connectivity index (χ0) is 15.7. The van der Waals surface area contributed by atoms with Gasteiger partial charge in [-0.15, -0.1) is 0 Å². The topological polar surface area (TPSA) is 92.5 Å². The van der Waals surface area contributed by atoms with E-state index in [9.17, 15) is 13.2 Å². The first-order valence-electron chi connectivity index (χ1n) is 7.68. The van der Waals surface area contributed by atoms with Crippen LogP contribution in [0.2, 0.25) is 0 Å². The summed E-state index contributed by atoms with van der Waals surface area (Å²) in [4.78, 5) is 14.3. The quantitative estimate of drug-likeness (QED) is 0.745. The van der Waals surface area contributed by atoms with E-state index in [0.29, 0.717) is 18.9 Å². The van der Waals surface area contributed by atoms with Crippen molar-refractivity contribution in [2.24, 2.45) is 11.7 Å². The SMILES string of the molecule is CC(N)C1CCCN(CC(=O)NC2(C)CCS(=O)(=O)C2)C1. The van der Waals surface area contributed by atoms with Crippen molar-refractivity contribution in [3.05, 3.63) is 0 Å². The summed E-state index contributed by atoms with van der Waals surface area (Å²) in [6.45, 7) is 5.92. The van der Waals surface area contributed by atoms with Crippen LogP contribution in [0.25, 0.3) is 0 Å². The van der Waals surface area contributed by atoms with Gasteiger partial charge in [0.2, 0.25) is 5.91 Å². The number of nitrogens with zero attached hydrogens (tertiary/aromatic N) is 1. The molecule has 21 heavy (non-hydrogen) atoms. The summed E-state index contributed by atoms with van der Waals surface area (Å²) in [6, 6.07) is 0.147. The van der Waals surface area contributed by atoms with Gasteiger partial charge in [-0.25, -0.2) is 8.42 Å². The molecular weight excluding hydrogens is 290 g/mol. The van der Waals surface area contributed by atoms with Crippen molar-refractivity contribution in [3.63, 3.8) is 0 Å². The molecule has 1 amide bonds. The number of hydrogen-bond donors (Lipinski definition) is 2. The van der Waals surface area contributed by atoms with Crippen LogP contribution in [-0.4, -0.2) is 61.9 Å². The minimum absolute atomic E-state index is 0.0498. The molecule has 0 spiro atoms. The number of piperidine rings is 1. The van der Waals surface area contributed by atoms with E-state index in [-0.39, 0.29) is 23.5 Å². The Kier molecular flexibility index (Phi) is 4.95. The van der Waals surface area contributed by atoms with E-state index in [1.165, 1.54) is 0 Å². The summed E-state index contributed by atoms with van der Waals surface area (Å²) in [5, 5.41) is 2.91. The average Bonchev–Trinajstić information content (AvgIpc) is 2.63. The van der Waals surface area contributed by atoms with Gasteiger partial charge in [-0.05, 0) is 45.6 Å². The molecule has 0 saturated carbocycles. The maximum atomic E-state index is 12.2. The smallest absolute Gasteiger partial charge is 0.234 e. The molecule has 0 aliphatic carbocycles. The largest absolute Gasteiger partial charge is 0.349 e. The Labute approximate surface area is 127 Å². The molecule has 2 heterocycles. The van der Waals surface area contributed by atoms with Gasteiger partial charge in [-0.2, -0.15) is 0 Å². The lowest BCUT2D eigenvalue weighted by atomic mass is 9.92. The summed E-state index contributed by atoms with van der Waals surface area (Å²) in [7, 11) is -3.00. The highest BCUT2D eigenvalue weighted by Crippen LogP contribution is 2.23. The first-order chi connectivity index (χ1) is 9.69. The third-order valence-electron chi connectivity index (χ3n) is 4.60. The summed E-state index contributed by atoms with van der Waals surface area (Å²) in [5.41, 5.74) is 5.34. The number of sulfone groups is 1. The number of carbonyl (C=O) groups excluding carboxylic acids is 1. The minimum atomic E-state index is -3.00. The van der Waals surface area contributed by atoms with Crippen molar-refractivity contribution in [1.29, 1.82) is 0 Å². The van der Waals surface area contributed by atoms with Gasteiger partial charge in [-0.1, -0.05) is 0 Å². The molecule has 0 radical (unpaired) electrons. The van der Waals surface area contributed by atoms with Crippen LogP contribution < -0.4 is 11.1 Å². The van der Waals surface area contributed by atoms with Gasteiger partial charge in [0.15, 0.2) is 9.84 Å². The second kappa shape index (κ2) is 6.22. The molecule has 0 aromatic rings. The summed E-state index contributed by atoms with van der Waals surface area (Å²) in [6.07, 6.45) is 2.68. The van der Waals surface area contributed by atoms with Crippen molar-refractivity contribution in [2.45, 2.75) is 44.7 Å². The summed E-state index contributed by atoms with van der Waals surface area (Å²) < 4.78 is 23.1. The van der Waals surface area contributed by atoms with Crippen LogP contribution in [0.4, 0.5) is 0 Å². The molecule has 3 N–H and O–H groups in total. The number of nitrogens with two attached hydrogens (primary N) is 1. The average molecular weight is 317 g/mol. The molecule has 122 valence electrons. The van der Waals surface area contributed by atoms with Gasteiger partial charge in [0.25, 0.3) is 0 Å². The third kappa shape index (κ3) is 4.66. The Morgan fingerprint density at radius 1 is 1.52 bits per heavy atom. The van der Waals surface area contributed by atoms with E-state index >= 15 is 0 Å². The predicted octanol–water partition coefficient (Wildman–Crippen LogP) is -0.261. The molecule has 0 bridgehead atoms. The lowest BCUT2D eigenvalue weighted by Gasteiger charge is -2.35. The lowest BCUT2D eigenvalue weighted by molar-refractivity contribution is -0.124. The Hall–Kier alpha value is -0.660. The van der Waals surface area contributed by atoms with Crippen LogP contribution in [0.5, 0.6) is 0 Å². The maximum absolute atomic E-state index is 12.2. The molecule has 2 aliphatic heterocycles. The summed E-state index contributed by atoms with van der Waals surface area (Å²) in [5.74, 6) is 0.572. The van der Waals surface area contributed by atoms with Crippen molar-refractivity contribution < 1.29 is 13.2 Å². The predicted molar refractivity (Wildman–Crippen MR) is 82.6 cm³/mol. The second-order valence-electron chi connectivity index (χ2n) is 6.95. The van der Waals surface area contributed by atoms with E-state index in [0.717, 1.165) is 25.9 Å². The molecule has 3 unspecified atom stereocenters. The number of amides is 1. The number of likely N-dealkylation sites (tertiary alicyclic amines) is 1. The fourth-order valence-electron chi connectivity index (χ4n) is 3.35. The molecule has 2 aliphatic rings. The first-order valence-corrected chi connectivity index (χ1v) is 9.51. The minimum Gasteiger partial charge on any atom is -0.349 e. The van der Waals surface area contributed by atoms with Crippen LogP contribution in [-0.2, 0) is 14.6 Å². The fourth-order valence-corrected chi connectivity index (χ4v) is 5.45. The van der Waals surface area contributed by atoms with Gasteiger partial charge in [0.05, 0.1) is 23.6 Å². The third-order valence-corrected chi connectivity index (χ3v) is 6.50. The zero-order valence-corrected chi connectivity index (χ0v) is 13.8. The molecule has 0 aromatic carbocycles. The van der Waals surface area contributed by atoms with Crippen LogP contribution in [0, 0.1) is 5.92 Å². The van der Waals surface area contributed by atoms with E-state index in [4.69, 9.17) is 5.73 Å². The lowest BCUT2D eigenvalue weighted by Crippen LogP contribution is -2.52. The molecule has 2 saturated heterocycles. The number of carbonyl (C=O) groups is 1. The van der Waals surface area contributed by atoms with Gasteiger partial charge in [0, 0.05) is 12.6 Å². The van der Waals surface area contributed by atoms with Gasteiger partial charge in [-0.3, -0.25) is 9.69 Å². The van der Waals surface area contributed by atoms with Crippen molar-refractivity contribution in [1.82, 2.24) is 10.2 Å². The molecule has 3 atom stereocenters. The Bertz CT molecular complexity index is 492. The number of rotatable bonds is 4. The molecule has 0 aromatic heterocycles. The molecule has 6 nitrogen and oxygen atoms in total. The van der Waals surface area contributed by atoms with E-state index in [2.05, 4.69) is 10.2 Å². The van der Waals surface area contributed by atoms with Gasteiger partial charge < -0.3 is 11.1 Å². The molecule has 7 heteroatoms. The highest BCUT2D eigenvalue weighted by molar-refractivity contribution is 7.91. The fraction of sp³-hybridized carbons (Fsp3) is 0.929. The molecular formula is C14H27N3O3S. The van der Waals surface area contributed by atoms with Crippen LogP contribution in [0.3, 0.4) is 0 Å². The highest BCUT2D eigenvalue weighted by Gasteiger charge is 2.39. The summed E-state index contributed by atoms with van der Waals surface area (Å²) >= 11 is 0. The van der Waals surface area contributed by atoms with Crippen LogP contribution in [0.15, 0.2) is 0 Å². The number of hydrogen-bond acceptors (Lipinski definition) is 5. The van der Waals surface area contributed by atoms with Crippen molar-refractivity contribution in [2.75, 3.05) is 31.1 Å². The standard InChI is InChI=1S/C14H27N3O3S/c1-11(15)12-4-3-6-17(8-12)9-13(18)16-14(2)5-7-21(19,20)10-14/h11-12H,3-10,15H2,1-2H3,(H,16,18). The van der Waals surface area contributed by atoms with Crippen molar-refractivity contribution >= 4 is 15.7 Å². The Balaban J connectivity index is 1.85. The van der Waals surface area contributed by atoms with E-state index < -0.39 is 15.4 Å². The van der Waals surface area contributed by atoms with Gasteiger partial charge in [0.1, 0.15) is 0 Å². The van der Waals surface area contributed by atoms with Gasteiger partial charge >= 0.3 is 0 Å². The highest BCUT2D eigenvalue weighted by atomic mass is 32.2. The molecule has 2 rings (SSSR count). The monoisotopic (exact) mass is 317 g/mol. The van der Waals surface area contributed by atoms with Crippen LogP contribution in [0.1, 0.15) is 33.1 Å². The van der Waals surface area contributed by atoms with E-state index in [1.54, 1.807) is 0 Å². The second-order valence-corrected chi connectivity index (χ2v) is 9.13. The van der Waals surface area contributed by atoms with E-state index in [1.807, 2.05) is 13.8 Å². The van der Waals surface area contributed by atoms with Crippen LogP contribution >= 0.6 is 0 Å². The first kappa shape index (κ1) is 16.7. The molecule has 2 fully saturated rings. The Morgan fingerprint density at radius 3 is 2.81 bits per heavy atom. The number of nitrogens with one attached hydrogen (secondary N) is 1. The van der Waals surface area contributed by atoms with Crippen molar-refractivity contribution in [3.8, 4) is 0 Å². The maximum Gasteiger partial charge on any atom is 0.234 e. The normalized spacial score (nSPS) is 34.5.